The highest BCUT2D eigenvalue weighted by molar-refractivity contribution is 5.00. The van der Waals surface area contributed by atoms with Gasteiger partial charge in [0.05, 0.1) is 6.42 Å². The quantitative estimate of drug-likeness (QED) is 0.819. The third-order valence-electron chi connectivity index (χ3n) is 2.83. The van der Waals surface area contributed by atoms with Gasteiger partial charge in [0.25, 0.3) is 0 Å². The first-order valence-electron chi connectivity index (χ1n) is 6.19. The van der Waals surface area contributed by atoms with Crippen LogP contribution in [0, 0.1) is 0 Å². The molecular weight excluding hydrogens is 243 g/mol. The molecule has 18 heavy (non-hydrogen) atoms. The van der Waals surface area contributed by atoms with Crippen LogP contribution < -0.4 is 5.32 Å². The number of alkyl halides is 3. The number of nitrogens with zero attached hydrogens (tertiary/aromatic N) is 2. The van der Waals surface area contributed by atoms with Crippen LogP contribution in [-0.4, -0.2) is 28.5 Å². The summed E-state index contributed by atoms with van der Waals surface area (Å²) >= 11 is 0. The lowest BCUT2D eigenvalue weighted by molar-refractivity contribution is -0.140. The smallest absolute Gasteiger partial charge is 0.314 e. The molecular formula is C12H20F3N3. The zero-order chi connectivity index (χ0) is 13.6. The molecule has 0 bridgehead atoms. The summed E-state index contributed by atoms with van der Waals surface area (Å²) in [5.74, 6) is 0. The maximum absolute atomic E-state index is 12.4. The second-order valence-corrected chi connectivity index (χ2v) is 4.46. The van der Waals surface area contributed by atoms with Gasteiger partial charge in [-0.25, -0.2) is 0 Å². The fraction of sp³-hybridized carbons (Fsp3) is 0.750. The zero-order valence-corrected chi connectivity index (χ0v) is 10.8. The number of aryl methyl sites for hydroxylation is 2. The van der Waals surface area contributed by atoms with E-state index < -0.39 is 18.6 Å². The lowest BCUT2D eigenvalue weighted by Crippen LogP contribution is -2.34. The summed E-state index contributed by atoms with van der Waals surface area (Å²) in [5, 5.41) is 6.96. The third-order valence-corrected chi connectivity index (χ3v) is 2.83. The van der Waals surface area contributed by atoms with Gasteiger partial charge in [-0.15, -0.1) is 0 Å². The monoisotopic (exact) mass is 263 g/mol. The minimum absolute atomic E-state index is 0.471. The van der Waals surface area contributed by atoms with E-state index >= 15 is 0 Å². The van der Waals surface area contributed by atoms with Crippen LogP contribution in [0.1, 0.15) is 31.9 Å². The molecule has 0 aliphatic carbocycles. The van der Waals surface area contributed by atoms with Crippen LogP contribution in [-0.2, 0) is 13.5 Å². The van der Waals surface area contributed by atoms with Crippen LogP contribution in [0.15, 0.2) is 12.3 Å². The van der Waals surface area contributed by atoms with E-state index in [4.69, 9.17) is 0 Å². The Morgan fingerprint density at radius 1 is 1.44 bits per heavy atom. The fourth-order valence-electron chi connectivity index (χ4n) is 1.87. The van der Waals surface area contributed by atoms with Gasteiger partial charge in [-0.2, -0.15) is 18.3 Å². The molecule has 1 rings (SSSR count). The van der Waals surface area contributed by atoms with Gasteiger partial charge in [-0.3, -0.25) is 4.68 Å². The molecule has 6 heteroatoms. The van der Waals surface area contributed by atoms with Crippen molar-refractivity contribution in [2.45, 2.75) is 44.8 Å². The first-order valence-corrected chi connectivity index (χ1v) is 6.19. The van der Waals surface area contributed by atoms with Gasteiger partial charge in [0.2, 0.25) is 0 Å². The van der Waals surface area contributed by atoms with Crippen molar-refractivity contribution in [2.24, 2.45) is 7.05 Å². The fourth-order valence-corrected chi connectivity index (χ4v) is 1.87. The zero-order valence-electron chi connectivity index (χ0n) is 10.8. The van der Waals surface area contributed by atoms with E-state index in [1.807, 2.05) is 13.0 Å². The minimum Gasteiger partial charge on any atom is -0.314 e. The van der Waals surface area contributed by atoms with Crippen molar-refractivity contribution in [3.8, 4) is 0 Å². The van der Waals surface area contributed by atoms with E-state index in [0.29, 0.717) is 19.4 Å². The normalized spacial score (nSPS) is 13.8. The number of hydrogen-bond donors (Lipinski definition) is 1. The van der Waals surface area contributed by atoms with E-state index in [0.717, 1.165) is 12.1 Å². The van der Waals surface area contributed by atoms with Crippen LogP contribution >= 0.6 is 0 Å². The predicted octanol–water partition coefficient (Wildman–Crippen LogP) is 2.67. The molecule has 1 heterocycles. The standard InChI is InChI=1S/C12H20F3N3/c1-3-7-16-10(9-12(13,14)15)4-5-11-6-8-17-18(11)2/h6,8,10,16H,3-5,7,9H2,1-2H3. The van der Waals surface area contributed by atoms with Crippen LogP contribution in [0.5, 0.6) is 0 Å². The third kappa shape index (κ3) is 5.53. The number of hydrogen-bond acceptors (Lipinski definition) is 2. The summed E-state index contributed by atoms with van der Waals surface area (Å²) in [4.78, 5) is 0. The molecule has 3 nitrogen and oxygen atoms in total. The number of aromatic nitrogens is 2. The van der Waals surface area contributed by atoms with Gasteiger partial charge in [0.15, 0.2) is 0 Å². The summed E-state index contributed by atoms with van der Waals surface area (Å²) in [7, 11) is 1.80. The maximum atomic E-state index is 12.4. The van der Waals surface area contributed by atoms with Gasteiger partial charge < -0.3 is 5.32 Å². The molecule has 0 spiro atoms. The topological polar surface area (TPSA) is 29.9 Å². The first-order chi connectivity index (χ1) is 8.42. The maximum Gasteiger partial charge on any atom is 0.390 e. The molecule has 0 amide bonds. The summed E-state index contributed by atoms with van der Waals surface area (Å²) in [6.07, 6.45) is -1.32. The largest absolute Gasteiger partial charge is 0.390 e. The Hall–Kier alpha value is -1.04. The van der Waals surface area contributed by atoms with Gasteiger partial charge in [0.1, 0.15) is 0 Å². The molecule has 0 saturated heterocycles. The molecule has 0 aliphatic rings. The summed E-state index contributed by atoms with van der Waals surface area (Å²) < 4.78 is 39.0. The van der Waals surface area contributed by atoms with Crippen LogP contribution in [0.3, 0.4) is 0 Å². The Morgan fingerprint density at radius 3 is 2.67 bits per heavy atom. The highest BCUT2D eigenvalue weighted by Gasteiger charge is 2.31. The predicted molar refractivity (Wildman–Crippen MR) is 64.3 cm³/mol. The second kappa shape index (κ2) is 6.78. The van der Waals surface area contributed by atoms with Crippen molar-refractivity contribution in [2.75, 3.05) is 6.54 Å². The number of halogens is 3. The average molecular weight is 263 g/mol. The van der Waals surface area contributed by atoms with Crippen molar-refractivity contribution in [3.05, 3.63) is 18.0 Å². The first kappa shape index (κ1) is 15.0. The molecule has 104 valence electrons. The SMILES string of the molecule is CCCNC(CCc1ccnn1C)CC(F)(F)F. The molecule has 1 aromatic heterocycles. The number of nitrogens with one attached hydrogen (secondary N) is 1. The van der Waals surface area contributed by atoms with E-state index in [1.165, 1.54) is 0 Å². The van der Waals surface area contributed by atoms with Crippen LogP contribution in [0.4, 0.5) is 13.2 Å². The van der Waals surface area contributed by atoms with Crippen molar-refractivity contribution >= 4 is 0 Å². The molecule has 0 fully saturated rings. The van der Waals surface area contributed by atoms with E-state index in [1.54, 1.807) is 17.9 Å². The highest BCUT2D eigenvalue weighted by Crippen LogP contribution is 2.23. The molecule has 0 radical (unpaired) electrons. The molecule has 1 N–H and O–H groups in total. The molecule has 0 saturated carbocycles. The lowest BCUT2D eigenvalue weighted by atomic mass is 10.1. The summed E-state index contributed by atoms with van der Waals surface area (Å²) in [6, 6.07) is 1.32. The Morgan fingerprint density at radius 2 is 2.17 bits per heavy atom. The van der Waals surface area contributed by atoms with Gasteiger partial charge in [-0.05, 0) is 31.9 Å². The van der Waals surface area contributed by atoms with E-state index in [-0.39, 0.29) is 0 Å². The Kier molecular flexibility index (Phi) is 5.65. The molecule has 1 unspecified atom stereocenters. The van der Waals surface area contributed by atoms with Crippen molar-refractivity contribution in [1.29, 1.82) is 0 Å². The minimum atomic E-state index is -4.11. The van der Waals surface area contributed by atoms with Crippen molar-refractivity contribution < 1.29 is 13.2 Å². The summed E-state index contributed by atoms with van der Waals surface area (Å²) in [5.41, 5.74) is 0.959. The Bertz CT molecular complexity index is 347. The molecule has 0 aliphatic heterocycles. The summed E-state index contributed by atoms with van der Waals surface area (Å²) in [6.45, 7) is 2.56. The van der Waals surface area contributed by atoms with Crippen LogP contribution in [0.2, 0.25) is 0 Å². The van der Waals surface area contributed by atoms with E-state index in [9.17, 15) is 13.2 Å². The van der Waals surface area contributed by atoms with Gasteiger partial charge in [-0.1, -0.05) is 6.92 Å². The Labute approximate surface area is 105 Å². The molecule has 1 atom stereocenters. The lowest BCUT2D eigenvalue weighted by Gasteiger charge is -2.20. The second-order valence-electron chi connectivity index (χ2n) is 4.46. The highest BCUT2D eigenvalue weighted by atomic mass is 19.4. The van der Waals surface area contributed by atoms with Crippen molar-refractivity contribution in [1.82, 2.24) is 15.1 Å². The van der Waals surface area contributed by atoms with Crippen LogP contribution in [0.25, 0.3) is 0 Å². The van der Waals surface area contributed by atoms with Crippen molar-refractivity contribution in [3.63, 3.8) is 0 Å². The van der Waals surface area contributed by atoms with Gasteiger partial charge in [0, 0.05) is 25.0 Å². The van der Waals surface area contributed by atoms with Gasteiger partial charge >= 0.3 is 6.18 Å². The number of rotatable bonds is 7. The molecule has 1 aromatic rings. The molecule has 0 aromatic carbocycles. The van der Waals surface area contributed by atoms with E-state index in [2.05, 4.69) is 10.4 Å². The average Bonchev–Trinajstić information content (AvgIpc) is 2.66. The Balaban J connectivity index is 2.47.